The Kier molecular flexibility index (Phi) is 4.94. The van der Waals surface area contributed by atoms with E-state index in [0.29, 0.717) is 23.5 Å². The molecule has 0 radical (unpaired) electrons. The summed E-state index contributed by atoms with van der Waals surface area (Å²) in [6, 6.07) is 12.2. The average molecular weight is 348 g/mol. The average Bonchev–Trinajstić information content (AvgIpc) is 2.42. The third-order valence-electron chi connectivity index (χ3n) is 2.78. The lowest BCUT2D eigenvalue weighted by molar-refractivity contribution is -0.105. The van der Waals surface area contributed by atoms with Gasteiger partial charge in [0.1, 0.15) is 0 Å². The molecule has 0 fully saturated rings. The Hall–Kier alpha value is -2.34. The number of rotatable bonds is 4. The van der Waals surface area contributed by atoms with Crippen molar-refractivity contribution in [1.29, 1.82) is 0 Å². The van der Waals surface area contributed by atoms with Crippen LogP contribution < -0.4 is 16.0 Å². The standard InChI is InChI=1S/C15H14BrN3O2/c1-10-7-13(5-6-14(10)17-9-20)19-15(21)18-12-4-2-3-11(16)8-12/h2-9H,1H3,(H,17,20)(H2,18,19,21). The fourth-order valence-corrected chi connectivity index (χ4v) is 2.23. The van der Waals surface area contributed by atoms with Gasteiger partial charge in [0.05, 0.1) is 0 Å². The molecule has 6 heteroatoms. The summed E-state index contributed by atoms with van der Waals surface area (Å²) in [6.45, 7) is 1.85. The molecule has 5 nitrogen and oxygen atoms in total. The molecular formula is C15H14BrN3O2. The fourth-order valence-electron chi connectivity index (χ4n) is 1.83. The van der Waals surface area contributed by atoms with Crippen LogP contribution in [0.3, 0.4) is 0 Å². The van der Waals surface area contributed by atoms with E-state index in [2.05, 4.69) is 31.9 Å². The first kappa shape index (κ1) is 15.1. The molecule has 2 rings (SSSR count). The Morgan fingerprint density at radius 2 is 1.81 bits per heavy atom. The molecule has 0 aliphatic carbocycles. The predicted molar refractivity (Wildman–Crippen MR) is 87.6 cm³/mol. The van der Waals surface area contributed by atoms with E-state index < -0.39 is 0 Å². The smallest absolute Gasteiger partial charge is 0.323 e. The zero-order valence-corrected chi connectivity index (χ0v) is 12.9. The third kappa shape index (κ3) is 4.32. The SMILES string of the molecule is Cc1cc(NC(=O)Nc2cccc(Br)c2)ccc1NC=O. The van der Waals surface area contributed by atoms with Gasteiger partial charge in [0, 0.05) is 21.5 Å². The quantitative estimate of drug-likeness (QED) is 0.732. The topological polar surface area (TPSA) is 70.2 Å². The first-order valence-electron chi connectivity index (χ1n) is 6.23. The molecule has 0 atom stereocenters. The van der Waals surface area contributed by atoms with E-state index in [1.54, 1.807) is 24.3 Å². The van der Waals surface area contributed by atoms with Gasteiger partial charge in [-0.15, -0.1) is 0 Å². The predicted octanol–water partition coefficient (Wildman–Crippen LogP) is 3.97. The number of aryl methyl sites for hydroxylation is 1. The Morgan fingerprint density at radius 3 is 2.43 bits per heavy atom. The van der Waals surface area contributed by atoms with Crippen molar-refractivity contribution in [2.24, 2.45) is 0 Å². The Morgan fingerprint density at radius 1 is 1.10 bits per heavy atom. The van der Waals surface area contributed by atoms with Crippen LogP contribution in [0.5, 0.6) is 0 Å². The normalized spacial score (nSPS) is 9.81. The molecule has 0 saturated carbocycles. The minimum Gasteiger partial charge on any atom is -0.328 e. The van der Waals surface area contributed by atoms with Gasteiger partial charge < -0.3 is 16.0 Å². The van der Waals surface area contributed by atoms with Crippen molar-refractivity contribution in [1.82, 2.24) is 0 Å². The number of urea groups is 1. The van der Waals surface area contributed by atoms with E-state index in [0.717, 1.165) is 10.0 Å². The lowest BCUT2D eigenvalue weighted by Gasteiger charge is -2.10. The van der Waals surface area contributed by atoms with Gasteiger partial charge in [-0.2, -0.15) is 0 Å². The van der Waals surface area contributed by atoms with Gasteiger partial charge in [0.2, 0.25) is 6.41 Å². The first-order chi connectivity index (χ1) is 10.1. The highest BCUT2D eigenvalue weighted by atomic mass is 79.9. The van der Waals surface area contributed by atoms with Crippen LogP contribution in [0.4, 0.5) is 21.9 Å². The highest BCUT2D eigenvalue weighted by Crippen LogP contribution is 2.20. The van der Waals surface area contributed by atoms with E-state index in [9.17, 15) is 9.59 Å². The number of amides is 3. The van der Waals surface area contributed by atoms with Crippen molar-refractivity contribution >= 4 is 45.4 Å². The van der Waals surface area contributed by atoms with Crippen LogP contribution in [0, 0.1) is 6.92 Å². The minimum atomic E-state index is -0.330. The Bertz CT molecular complexity index is 674. The fraction of sp³-hybridized carbons (Fsp3) is 0.0667. The highest BCUT2D eigenvalue weighted by molar-refractivity contribution is 9.10. The second-order valence-electron chi connectivity index (χ2n) is 4.38. The maximum atomic E-state index is 11.9. The van der Waals surface area contributed by atoms with Gasteiger partial charge in [0.15, 0.2) is 0 Å². The van der Waals surface area contributed by atoms with Crippen LogP contribution in [-0.2, 0) is 4.79 Å². The second kappa shape index (κ2) is 6.90. The van der Waals surface area contributed by atoms with Gasteiger partial charge in [0.25, 0.3) is 0 Å². The molecule has 0 spiro atoms. The summed E-state index contributed by atoms with van der Waals surface area (Å²) in [5.74, 6) is 0. The number of carbonyl (C=O) groups excluding carboxylic acids is 2. The Balaban J connectivity index is 2.02. The molecule has 0 aliphatic rings. The van der Waals surface area contributed by atoms with Gasteiger partial charge >= 0.3 is 6.03 Å². The van der Waals surface area contributed by atoms with Crippen molar-refractivity contribution in [3.05, 3.63) is 52.5 Å². The molecule has 0 heterocycles. The molecule has 108 valence electrons. The number of nitrogens with one attached hydrogen (secondary N) is 3. The molecule has 3 N–H and O–H groups in total. The maximum absolute atomic E-state index is 11.9. The van der Waals surface area contributed by atoms with Crippen molar-refractivity contribution in [2.45, 2.75) is 6.92 Å². The summed E-state index contributed by atoms with van der Waals surface area (Å²) in [5, 5.41) is 8.07. The summed E-state index contributed by atoms with van der Waals surface area (Å²) in [6.07, 6.45) is 0.620. The monoisotopic (exact) mass is 347 g/mol. The van der Waals surface area contributed by atoms with Gasteiger partial charge in [-0.05, 0) is 48.9 Å². The van der Waals surface area contributed by atoms with Crippen molar-refractivity contribution < 1.29 is 9.59 Å². The van der Waals surface area contributed by atoms with Gasteiger partial charge in [-0.1, -0.05) is 22.0 Å². The van der Waals surface area contributed by atoms with Crippen molar-refractivity contribution in [3.63, 3.8) is 0 Å². The number of hydrogen-bond donors (Lipinski definition) is 3. The number of anilines is 3. The zero-order valence-electron chi connectivity index (χ0n) is 11.3. The van der Waals surface area contributed by atoms with E-state index in [1.807, 2.05) is 25.1 Å². The summed E-state index contributed by atoms with van der Waals surface area (Å²) in [5.41, 5.74) is 2.92. The molecule has 0 aliphatic heterocycles. The molecule has 3 amide bonds. The van der Waals surface area contributed by atoms with E-state index >= 15 is 0 Å². The van der Waals surface area contributed by atoms with Crippen LogP contribution in [0.1, 0.15) is 5.56 Å². The van der Waals surface area contributed by atoms with Crippen LogP contribution in [0.15, 0.2) is 46.9 Å². The molecule has 0 saturated heterocycles. The number of benzene rings is 2. The highest BCUT2D eigenvalue weighted by Gasteiger charge is 2.05. The summed E-state index contributed by atoms with van der Waals surface area (Å²) >= 11 is 3.34. The molecule has 0 bridgehead atoms. The first-order valence-corrected chi connectivity index (χ1v) is 7.02. The van der Waals surface area contributed by atoms with Gasteiger partial charge in [-0.3, -0.25) is 4.79 Å². The van der Waals surface area contributed by atoms with Crippen molar-refractivity contribution in [3.8, 4) is 0 Å². The number of halogens is 1. The molecule has 21 heavy (non-hydrogen) atoms. The van der Waals surface area contributed by atoms with Crippen molar-refractivity contribution in [2.75, 3.05) is 16.0 Å². The summed E-state index contributed by atoms with van der Waals surface area (Å²) in [7, 11) is 0. The van der Waals surface area contributed by atoms with Crippen LogP contribution >= 0.6 is 15.9 Å². The van der Waals surface area contributed by atoms with E-state index in [1.165, 1.54) is 0 Å². The molecule has 2 aromatic rings. The van der Waals surface area contributed by atoms with Crippen LogP contribution in [0.25, 0.3) is 0 Å². The van der Waals surface area contributed by atoms with Gasteiger partial charge in [-0.25, -0.2) is 4.79 Å². The Labute approximate surface area is 130 Å². The van der Waals surface area contributed by atoms with E-state index in [4.69, 9.17) is 0 Å². The number of hydrogen-bond acceptors (Lipinski definition) is 2. The summed E-state index contributed by atoms with van der Waals surface area (Å²) in [4.78, 5) is 22.3. The largest absolute Gasteiger partial charge is 0.328 e. The lowest BCUT2D eigenvalue weighted by Crippen LogP contribution is -2.19. The third-order valence-corrected chi connectivity index (χ3v) is 3.27. The van der Waals surface area contributed by atoms with Crippen LogP contribution in [-0.4, -0.2) is 12.4 Å². The second-order valence-corrected chi connectivity index (χ2v) is 5.30. The minimum absolute atomic E-state index is 0.330. The molecular weight excluding hydrogens is 334 g/mol. The number of carbonyl (C=O) groups is 2. The maximum Gasteiger partial charge on any atom is 0.323 e. The zero-order chi connectivity index (χ0) is 15.2. The molecule has 2 aromatic carbocycles. The summed E-state index contributed by atoms with van der Waals surface area (Å²) < 4.78 is 0.889. The van der Waals surface area contributed by atoms with Crippen LogP contribution in [0.2, 0.25) is 0 Å². The molecule has 0 unspecified atom stereocenters. The molecule has 0 aromatic heterocycles. The van der Waals surface area contributed by atoms with E-state index in [-0.39, 0.29) is 6.03 Å². The lowest BCUT2D eigenvalue weighted by atomic mass is 10.2.